The van der Waals surface area contributed by atoms with Gasteiger partial charge in [0.25, 0.3) is 0 Å². The van der Waals surface area contributed by atoms with Gasteiger partial charge in [0.15, 0.2) is 5.06 Å². The van der Waals surface area contributed by atoms with Crippen LogP contribution in [0, 0.1) is 0 Å². The van der Waals surface area contributed by atoms with Crippen LogP contribution in [0.4, 0.5) is 5.69 Å². The second kappa shape index (κ2) is 3.71. The first kappa shape index (κ1) is 9.68. The van der Waals surface area contributed by atoms with Gasteiger partial charge in [-0.05, 0) is 23.8 Å². The van der Waals surface area contributed by atoms with Gasteiger partial charge in [-0.25, -0.2) is 0 Å². The highest BCUT2D eigenvalue weighted by Crippen LogP contribution is 2.39. The molecule has 0 unspecified atom stereocenters. The highest BCUT2D eigenvalue weighted by atomic mass is 32.2. The van der Waals surface area contributed by atoms with Gasteiger partial charge in [-0.2, -0.15) is 0 Å². The quantitative estimate of drug-likeness (QED) is 0.629. The minimum Gasteiger partial charge on any atom is -0.487 e. The number of anilines is 1. The van der Waals surface area contributed by atoms with Crippen LogP contribution in [0.5, 0.6) is 5.06 Å². The molecule has 0 aliphatic carbocycles. The summed E-state index contributed by atoms with van der Waals surface area (Å²) in [5.41, 5.74) is 6.90. The first-order valence-electron chi connectivity index (χ1n) is 4.16. The molecular formula is C10H11NOS2. The van der Waals surface area contributed by atoms with Crippen molar-refractivity contribution in [2.45, 2.75) is 4.90 Å². The predicted molar refractivity (Wildman–Crippen MR) is 64.6 cm³/mol. The fourth-order valence-corrected chi connectivity index (χ4v) is 2.89. The molecule has 2 N–H and O–H groups in total. The van der Waals surface area contributed by atoms with E-state index in [0.29, 0.717) is 0 Å². The van der Waals surface area contributed by atoms with Gasteiger partial charge >= 0.3 is 0 Å². The molecule has 0 atom stereocenters. The van der Waals surface area contributed by atoms with Crippen LogP contribution in [0.15, 0.2) is 23.1 Å². The van der Waals surface area contributed by atoms with Crippen LogP contribution in [-0.2, 0) is 0 Å². The molecule has 14 heavy (non-hydrogen) atoms. The van der Waals surface area contributed by atoms with Crippen molar-refractivity contribution in [1.29, 1.82) is 0 Å². The predicted octanol–water partition coefficient (Wildman–Crippen LogP) is 3.21. The van der Waals surface area contributed by atoms with Crippen molar-refractivity contribution in [1.82, 2.24) is 0 Å². The Bertz CT molecular complexity index is 464. The number of thioether (sulfide) groups is 1. The maximum atomic E-state index is 6.03. The Morgan fingerprint density at radius 3 is 2.86 bits per heavy atom. The standard InChI is InChI=1S/C10H11NOS2/c1-12-8-5-6-3-4-7(13-2)9(11)10(6)14-8/h3-5H,11H2,1-2H3. The van der Waals surface area contributed by atoms with Crippen LogP contribution < -0.4 is 10.5 Å². The van der Waals surface area contributed by atoms with E-state index in [9.17, 15) is 0 Å². The number of nitrogen functional groups attached to an aromatic ring is 1. The summed E-state index contributed by atoms with van der Waals surface area (Å²) < 4.78 is 6.30. The van der Waals surface area contributed by atoms with Crippen LogP contribution >= 0.6 is 23.1 Å². The lowest BCUT2D eigenvalue weighted by atomic mass is 10.2. The number of nitrogens with two attached hydrogens (primary N) is 1. The summed E-state index contributed by atoms with van der Waals surface area (Å²) in [6.45, 7) is 0. The fourth-order valence-electron chi connectivity index (χ4n) is 1.36. The minimum absolute atomic E-state index is 0.864. The van der Waals surface area contributed by atoms with E-state index >= 15 is 0 Å². The minimum atomic E-state index is 0.864. The molecule has 0 aliphatic rings. The van der Waals surface area contributed by atoms with Crippen molar-refractivity contribution in [3.63, 3.8) is 0 Å². The Hall–Kier alpha value is -0.870. The molecule has 2 aromatic rings. The van der Waals surface area contributed by atoms with Crippen LogP contribution in [0.2, 0.25) is 0 Å². The maximum Gasteiger partial charge on any atom is 0.174 e. The molecule has 1 aromatic carbocycles. The van der Waals surface area contributed by atoms with Gasteiger partial charge in [0, 0.05) is 4.90 Å². The second-order valence-electron chi connectivity index (χ2n) is 2.87. The molecule has 2 nitrogen and oxygen atoms in total. The zero-order valence-electron chi connectivity index (χ0n) is 8.03. The lowest BCUT2D eigenvalue weighted by Gasteiger charge is -2.01. The van der Waals surface area contributed by atoms with Gasteiger partial charge in [0.05, 0.1) is 17.5 Å². The van der Waals surface area contributed by atoms with E-state index in [4.69, 9.17) is 10.5 Å². The number of fused-ring (bicyclic) bond motifs is 1. The Balaban J connectivity index is 2.68. The maximum absolute atomic E-state index is 6.03. The Morgan fingerprint density at radius 1 is 1.43 bits per heavy atom. The van der Waals surface area contributed by atoms with Crippen LogP contribution in [-0.4, -0.2) is 13.4 Å². The van der Waals surface area contributed by atoms with E-state index in [0.717, 1.165) is 25.7 Å². The van der Waals surface area contributed by atoms with Crippen molar-refractivity contribution in [3.8, 4) is 5.06 Å². The smallest absolute Gasteiger partial charge is 0.174 e. The number of rotatable bonds is 2. The zero-order valence-corrected chi connectivity index (χ0v) is 9.67. The summed E-state index contributed by atoms with van der Waals surface area (Å²) in [5, 5.41) is 2.06. The number of ether oxygens (including phenoxy) is 1. The van der Waals surface area contributed by atoms with Crippen LogP contribution in [0.1, 0.15) is 0 Å². The van der Waals surface area contributed by atoms with E-state index < -0.39 is 0 Å². The first-order chi connectivity index (χ1) is 6.76. The van der Waals surface area contributed by atoms with Crippen molar-refractivity contribution >= 4 is 38.9 Å². The number of hydrogen-bond donors (Lipinski definition) is 1. The molecule has 0 saturated carbocycles. The summed E-state index contributed by atoms with van der Waals surface area (Å²) in [6, 6.07) is 6.14. The lowest BCUT2D eigenvalue weighted by molar-refractivity contribution is 0.427. The van der Waals surface area contributed by atoms with Crippen molar-refractivity contribution in [2.75, 3.05) is 19.1 Å². The number of methoxy groups -OCH3 is 1. The summed E-state index contributed by atoms with van der Waals surface area (Å²) in [5.74, 6) is 0. The molecule has 0 spiro atoms. The van der Waals surface area contributed by atoms with E-state index in [1.54, 1.807) is 30.2 Å². The first-order valence-corrected chi connectivity index (χ1v) is 6.20. The van der Waals surface area contributed by atoms with Gasteiger partial charge in [-0.1, -0.05) is 17.4 Å². The van der Waals surface area contributed by atoms with Crippen molar-refractivity contribution < 1.29 is 4.74 Å². The lowest BCUT2D eigenvalue weighted by Crippen LogP contribution is -1.87. The Kier molecular flexibility index (Phi) is 2.56. The molecule has 0 radical (unpaired) electrons. The molecule has 0 saturated heterocycles. The van der Waals surface area contributed by atoms with Gasteiger partial charge in [-0.3, -0.25) is 0 Å². The van der Waals surface area contributed by atoms with Crippen LogP contribution in [0.25, 0.3) is 10.1 Å². The molecule has 74 valence electrons. The summed E-state index contributed by atoms with van der Waals surface area (Å²) in [4.78, 5) is 1.13. The topological polar surface area (TPSA) is 35.2 Å². The molecule has 0 bridgehead atoms. The monoisotopic (exact) mass is 225 g/mol. The summed E-state index contributed by atoms with van der Waals surface area (Å²) >= 11 is 3.26. The van der Waals surface area contributed by atoms with Gasteiger partial charge in [0.1, 0.15) is 0 Å². The van der Waals surface area contributed by atoms with E-state index in [2.05, 4.69) is 12.1 Å². The molecule has 1 aromatic heterocycles. The van der Waals surface area contributed by atoms with E-state index in [-0.39, 0.29) is 0 Å². The molecule has 2 rings (SSSR count). The van der Waals surface area contributed by atoms with Gasteiger partial charge < -0.3 is 10.5 Å². The third-order valence-corrected chi connectivity index (χ3v) is 4.02. The third-order valence-electron chi connectivity index (χ3n) is 2.08. The van der Waals surface area contributed by atoms with Gasteiger partial charge in [0.2, 0.25) is 0 Å². The molecule has 4 heteroatoms. The molecular weight excluding hydrogens is 214 g/mol. The highest BCUT2D eigenvalue weighted by molar-refractivity contribution is 7.98. The zero-order chi connectivity index (χ0) is 10.1. The highest BCUT2D eigenvalue weighted by Gasteiger charge is 2.07. The third kappa shape index (κ3) is 1.44. The second-order valence-corrected chi connectivity index (χ2v) is 4.73. The van der Waals surface area contributed by atoms with E-state index in [1.807, 2.05) is 12.3 Å². The van der Waals surface area contributed by atoms with Gasteiger partial charge in [-0.15, -0.1) is 11.8 Å². The SMILES string of the molecule is COc1cc2ccc(SC)c(N)c2s1. The van der Waals surface area contributed by atoms with Crippen LogP contribution in [0.3, 0.4) is 0 Å². The van der Waals surface area contributed by atoms with E-state index in [1.165, 1.54) is 0 Å². The number of thiophene rings is 1. The number of hydrogen-bond acceptors (Lipinski definition) is 4. The summed E-state index contributed by atoms with van der Waals surface area (Å²) in [7, 11) is 1.68. The molecule has 1 heterocycles. The Labute approximate surface area is 91.1 Å². The average molecular weight is 225 g/mol. The Morgan fingerprint density at radius 2 is 2.21 bits per heavy atom. The molecule has 0 aliphatic heterocycles. The largest absolute Gasteiger partial charge is 0.487 e. The fraction of sp³-hybridized carbons (Fsp3) is 0.200. The van der Waals surface area contributed by atoms with Crippen molar-refractivity contribution in [2.24, 2.45) is 0 Å². The number of benzene rings is 1. The molecule has 0 amide bonds. The van der Waals surface area contributed by atoms with Crippen molar-refractivity contribution in [3.05, 3.63) is 18.2 Å². The normalized spacial score (nSPS) is 10.7. The average Bonchev–Trinajstić information content (AvgIpc) is 2.62. The summed E-state index contributed by atoms with van der Waals surface area (Å²) in [6.07, 6.45) is 2.03. The molecule has 0 fully saturated rings.